The van der Waals surface area contributed by atoms with E-state index in [9.17, 15) is 4.39 Å². The Morgan fingerprint density at radius 3 is 2.92 bits per heavy atom. The average molecular weight is 233 g/mol. The second-order valence-electron chi connectivity index (χ2n) is 2.57. The Kier molecular flexibility index (Phi) is 2.49. The Morgan fingerprint density at radius 2 is 2.23 bits per heavy atom. The molecule has 1 aromatic heterocycles. The number of thioether (sulfide) groups is 1. The van der Waals surface area contributed by atoms with Crippen molar-refractivity contribution in [1.29, 1.82) is 0 Å². The van der Waals surface area contributed by atoms with E-state index in [1.165, 1.54) is 6.07 Å². The quantitative estimate of drug-likeness (QED) is 0.656. The van der Waals surface area contributed by atoms with Crippen molar-refractivity contribution in [3.8, 4) is 0 Å². The van der Waals surface area contributed by atoms with Crippen LogP contribution in [0.2, 0.25) is 5.02 Å². The monoisotopic (exact) mass is 232 g/mol. The van der Waals surface area contributed by atoms with Crippen molar-refractivity contribution in [2.75, 3.05) is 6.26 Å². The van der Waals surface area contributed by atoms with Crippen LogP contribution in [-0.2, 0) is 0 Å². The lowest BCUT2D eigenvalue weighted by atomic mass is 10.2. The van der Waals surface area contributed by atoms with E-state index in [1.54, 1.807) is 29.2 Å². The fourth-order valence-corrected chi connectivity index (χ4v) is 3.21. The second-order valence-corrected chi connectivity index (χ2v) is 4.73. The van der Waals surface area contributed by atoms with Crippen LogP contribution in [0.4, 0.5) is 4.39 Å². The minimum absolute atomic E-state index is 0.196. The zero-order valence-corrected chi connectivity index (χ0v) is 9.19. The molecule has 68 valence electrons. The lowest BCUT2D eigenvalue weighted by molar-refractivity contribution is 0.630. The van der Waals surface area contributed by atoms with Crippen LogP contribution in [0, 0.1) is 5.82 Å². The van der Waals surface area contributed by atoms with Gasteiger partial charge in [-0.15, -0.1) is 23.1 Å². The number of halogens is 2. The Balaban J connectivity index is 2.77. The van der Waals surface area contributed by atoms with Crippen molar-refractivity contribution in [2.45, 2.75) is 4.90 Å². The molecule has 13 heavy (non-hydrogen) atoms. The normalized spacial score (nSPS) is 11.0. The fraction of sp³-hybridized carbons (Fsp3) is 0.111. The summed E-state index contributed by atoms with van der Waals surface area (Å²) in [7, 11) is 0. The van der Waals surface area contributed by atoms with E-state index in [0.717, 1.165) is 15.0 Å². The van der Waals surface area contributed by atoms with Crippen molar-refractivity contribution in [3.63, 3.8) is 0 Å². The summed E-state index contributed by atoms with van der Waals surface area (Å²) in [6.07, 6.45) is 1.98. The number of benzene rings is 1. The van der Waals surface area contributed by atoms with E-state index >= 15 is 0 Å². The summed E-state index contributed by atoms with van der Waals surface area (Å²) < 4.78 is 14.1. The molecule has 4 heteroatoms. The van der Waals surface area contributed by atoms with Crippen LogP contribution < -0.4 is 0 Å². The van der Waals surface area contributed by atoms with Gasteiger partial charge in [-0.2, -0.15) is 0 Å². The SMILES string of the molecule is CSc1csc2cc(Cl)c(F)cc12. The summed E-state index contributed by atoms with van der Waals surface area (Å²) in [5.41, 5.74) is 0. The Morgan fingerprint density at radius 1 is 1.46 bits per heavy atom. The van der Waals surface area contributed by atoms with Gasteiger partial charge in [0.25, 0.3) is 0 Å². The lowest BCUT2D eigenvalue weighted by Crippen LogP contribution is -1.75. The van der Waals surface area contributed by atoms with Crippen LogP contribution in [0.25, 0.3) is 10.1 Å². The molecule has 0 N–H and O–H groups in total. The molecule has 0 bridgehead atoms. The van der Waals surface area contributed by atoms with Gasteiger partial charge in [0.15, 0.2) is 0 Å². The summed E-state index contributed by atoms with van der Waals surface area (Å²) in [6.45, 7) is 0. The molecule has 1 heterocycles. The Bertz CT molecular complexity index is 450. The number of hydrogen-bond donors (Lipinski definition) is 0. The molecular formula is C9H6ClFS2. The van der Waals surface area contributed by atoms with Gasteiger partial charge in [-0.05, 0) is 18.4 Å². The highest BCUT2D eigenvalue weighted by molar-refractivity contribution is 7.99. The molecule has 2 rings (SSSR count). The third-order valence-corrected chi connectivity index (χ3v) is 3.96. The minimum Gasteiger partial charge on any atom is -0.205 e. The zero-order valence-electron chi connectivity index (χ0n) is 6.80. The van der Waals surface area contributed by atoms with Gasteiger partial charge in [0.05, 0.1) is 5.02 Å². The van der Waals surface area contributed by atoms with Gasteiger partial charge in [0.1, 0.15) is 5.82 Å². The molecular weight excluding hydrogens is 227 g/mol. The van der Waals surface area contributed by atoms with E-state index in [0.29, 0.717) is 0 Å². The van der Waals surface area contributed by atoms with Crippen LogP contribution in [0.5, 0.6) is 0 Å². The number of rotatable bonds is 1. The van der Waals surface area contributed by atoms with E-state index in [-0.39, 0.29) is 10.8 Å². The van der Waals surface area contributed by atoms with Gasteiger partial charge in [0.2, 0.25) is 0 Å². The van der Waals surface area contributed by atoms with E-state index in [2.05, 4.69) is 0 Å². The molecule has 0 saturated heterocycles. The zero-order chi connectivity index (χ0) is 9.42. The molecule has 0 fully saturated rings. The third kappa shape index (κ3) is 1.56. The van der Waals surface area contributed by atoms with Crippen LogP contribution >= 0.6 is 34.7 Å². The van der Waals surface area contributed by atoms with Gasteiger partial charge in [-0.1, -0.05) is 11.6 Å². The highest BCUT2D eigenvalue weighted by atomic mass is 35.5. The maximum Gasteiger partial charge on any atom is 0.142 e. The molecule has 0 spiro atoms. The largest absolute Gasteiger partial charge is 0.205 e. The van der Waals surface area contributed by atoms with Gasteiger partial charge in [-0.25, -0.2) is 4.39 Å². The summed E-state index contributed by atoms with van der Waals surface area (Å²) in [4.78, 5) is 1.11. The standard InChI is InChI=1S/C9H6ClFS2/c1-12-9-4-13-8-3-6(10)7(11)2-5(8)9/h2-4H,1H3. The van der Waals surface area contributed by atoms with Crippen LogP contribution in [0.15, 0.2) is 22.4 Å². The molecule has 0 saturated carbocycles. The van der Waals surface area contributed by atoms with Gasteiger partial charge in [-0.3, -0.25) is 0 Å². The molecule has 0 aliphatic rings. The number of fused-ring (bicyclic) bond motifs is 1. The Labute approximate surface area is 88.7 Å². The average Bonchev–Trinajstić information content (AvgIpc) is 2.48. The van der Waals surface area contributed by atoms with E-state index < -0.39 is 0 Å². The molecule has 0 atom stereocenters. The van der Waals surface area contributed by atoms with Crippen molar-refractivity contribution in [3.05, 3.63) is 28.4 Å². The van der Waals surface area contributed by atoms with E-state index in [1.807, 2.05) is 11.6 Å². The predicted molar refractivity (Wildman–Crippen MR) is 58.6 cm³/mol. The lowest BCUT2D eigenvalue weighted by Gasteiger charge is -1.96. The molecule has 0 aliphatic heterocycles. The first kappa shape index (κ1) is 9.31. The van der Waals surface area contributed by atoms with Crippen LogP contribution in [0.1, 0.15) is 0 Å². The first-order valence-corrected chi connectivity index (χ1v) is 6.11. The maximum absolute atomic E-state index is 13.1. The molecule has 0 amide bonds. The van der Waals surface area contributed by atoms with Crippen molar-refractivity contribution >= 4 is 44.8 Å². The summed E-state index contributed by atoms with van der Waals surface area (Å²) >= 11 is 8.87. The fourth-order valence-electron chi connectivity index (χ4n) is 1.16. The smallest absolute Gasteiger partial charge is 0.142 e. The third-order valence-electron chi connectivity index (χ3n) is 1.80. The van der Waals surface area contributed by atoms with Crippen molar-refractivity contribution in [1.82, 2.24) is 0 Å². The van der Waals surface area contributed by atoms with Gasteiger partial charge < -0.3 is 0 Å². The minimum atomic E-state index is -0.345. The number of hydrogen-bond acceptors (Lipinski definition) is 2. The molecule has 0 unspecified atom stereocenters. The first-order chi connectivity index (χ1) is 6.22. The summed E-state index contributed by atoms with van der Waals surface area (Å²) in [5.74, 6) is -0.345. The summed E-state index contributed by atoms with van der Waals surface area (Å²) in [6, 6.07) is 3.18. The first-order valence-electron chi connectivity index (χ1n) is 3.62. The maximum atomic E-state index is 13.1. The molecule has 2 aromatic rings. The highest BCUT2D eigenvalue weighted by Crippen LogP contribution is 2.34. The predicted octanol–water partition coefficient (Wildman–Crippen LogP) is 4.42. The summed E-state index contributed by atoms with van der Waals surface area (Å²) in [5, 5.41) is 3.17. The molecule has 0 radical (unpaired) electrons. The van der Waals surface area contributed by atoms with Crippen molar-refractivity contribution < 1.29 is 4.39 Å². The van der Waals surface area contributed by atoms with E-state index in [4.69, 9.17) is 11.6 Å². The number of thiophene rings is 1. The molecule has 1 aromatic carbocycles. The van der Waals surface area contributed by atoms with Gasteiger partial charge >= 0.3 is 0 Å². The topological polar surface area (TPSA) is 0 Å². The van der Waals surface area contributed by atoms with Crippen molar-refractivity contribution in [2.24, 2.45) is 0 Å². The Hall–Kier alpha value is -0.250. The van der Waals surface area contributed by atoms with Crippen LogP contribution in [0.3, 0.4) is 0 Å². The molecule has 0 nitrogen and oxygen atoms in total. The highest BCUT2D eigenvalue weighted by Gasteiger charge is 2.07. The molecule has 0 aliphatic carbocycles. The second kappa shape index (κ2) is 3.48. The van der Waals surface area contributed by atoms with Crippen LogP contribution in [-0.4, -0.2) is 6.26 Å². The van der Waals surface area contributed by atoms with Gasteiger partial charge in [0, 0.05) is 20.4 Å².